The maximum Gasteiger partial charge on any atom is 0.217 e. The summed E-state index contributed by atoms with van der Waals surface area (Å²) in [6, 6.07) is 6.20. The maximum absolute atomic E-state index is 11.0. The fourth-order valence-corrected chi connectivity index (χ4v) is 3.43. The molecule has 0 aliphatic heterocycles. The number of amides is 1. The molecular weight excluding hydrogens is 328 g/mol. The second-order valence-electron chi connectivity index (χ2n) is 7.06. The number of nitrogens with two attached hydrogens (primary N) is 1. The van der Waals surface area contributed by atoms with Gasteiger partial charge in [0.1, 0.15) is 17.0 Å². The lowest BCUT2D eigenvalue weighted by Gasteiger charge is -2.09. The van der Waals surface area contributed by atoms with Gasteiger partial charge in [-0.15, -0.1) is 0 Å². The number of furan rings is 1. The number of hydrogen-bond donors (Lipinski definition) is 1. The molecule has 0 bridgehead atoms. The van der Waals surface area contributed by atoms with Crippen LogP contribution < -0.4 is 5.73 Å². The van der Waals surface area contributed by atoms with Gasteiger partial charge in [-0.1, -0.05) is 6.92 Å². The topological polar surface area (TPSA) is 86.9 Å². The Morgan fingerprint density at radius 1 is 1.38 bits per heavy atom. The molecule has 0 spiro atoms. The average molecular weight is 352 g/mol. The molecule has 4 rings (SSSR count). The molecule has 1 amide bonds. The lowest BCUT2D eigenvalue weighted by atomic mass is 10.1. The van der Waals surface area contributed by atoms with E-state index in [1.165, 1.54) is 18.4 Å². The van der Waals surface area contributed by atoms with Gasteiger partial charge in [0.15, 0.2) is 5.76 Å². The Bertz CT molecular complexity index is 937. The number of nitrogens with zero attached hydrogens (tertiary/aromatic N) is 3. The van der Waals surface area contributed by atoms with Crippen LogP contribution in [0.1, 0.15) is 56.3 Å². The molecule has 2 N–H and O–H groups in total. The Kier molecular flexibility index (Phi) is 4.49. The van der Waals surface area contributed by atoms with Crippen molar-refractivity contribution in [2.45, 2.75) is 57.9 Å². The third-order valence-corrected chi connectivity index (χ3v) is 4.85. The molecular formula is C20H24N4O2. The first kappa shape index (κ1) is 16.8. The molecule has 136 valence electrons. The Morgan fingerprint density at radius 2 is 2.23 bits per heavy atom. The summed E-state index contributed by atoms with van der Waals surface area (Å²) in [6.45, 7) is 2.82. The largest absolute Gasteiger partial charge is 0.459 e. The first-order chi connectivity index (χ1) is 12.7. The molecule has 3 heterocycles. The number of fused-ring (bicyclic) bond motifs is 1. The van der Waals surface area contributed by atoms with Gasteiger partial charge in [-0.3, -0.25) is 9.48 Å². The zero-order valence-electron chi connectivity index (χ0n) is 15.1. The summed E-state index contributed by atoms with van der Waals surface area (Å²) in [5.41, 5.74) is 9.38. The van der Waals surface area contributed by atoms with Crippen LogP contribution in [0.4, 0.5) is 0 Å². The lowest BCUT2D eigenvalue weighted by Crippen LogP contribution is -2.12. The van der Waals surface area contributed by atoms with Crippen molar-refractivity contribution < 1.29 is 9.21 Å². The van der Waals surface area contributed by atoms with Gasteiger partial charge in [-0.05, 0) is 55.4 Å². The predicted octanol–water partition coefficient (Wildman–Crippen LogP) is 3.79. The molecule has 3 aromatic rings. The van der Waals surface area contributed by atoms with E-state index in [1.807, 2.05) is 23.0 Å². The number of carbonyl (C=O) groups is 1. The van der Waals surface area contributed by atoms with Crippen molar-refractivity contribution in [3.05, 3.63) is 35.7 Å². The molecule has 6 nitrogen and oxygen atoms in total. The molecule has 0 radical (unpaired) electrons. The normalized spacial score (nSPS) is 14.2. The highest BCUT2D eigenvalue weighted by molar-refractivity contribution is 5.82. The minimum atomic E-state index is -0.273. The Labute approximate surface area is 152 Å². The number of rotatable bonds is 8. The summed E-state index contributed by atoms with van der Waals surface area (Å²) in [4.78, 5) is 15.8. The van der Waals surface area contributed by atoms with Gasteiger partial charge in [0.05, 0.1) is 11.7 Å². The number of aromatic nitrogens is 3. The standard InChI is InChI=1S/C20H24N4O2/c1-2-4-14-8-9-18(26-14)16-11-15(13-6-7-13)20-17(23-16)12-22-24(20)10-3-5-19(21)25/h8-9,11-13H,2-7,10H2,1H3,(H2,21,25). The number of carbonyl (C=O) groups excluding carboxylic acids is 1. The Hall–Kier alpha value is -2.63. The first-order valence-electron chi connectivity index (χ1n) is 9.39. The third kappa shape index (κ3) is 3.36. The van der Waals surface area contributed by atoms with Crippen LogP contribution in [-0.4, -0.2) is 20.7 Å². The van der Waals surface area contributed by atoms with Gasteiger partial charge in [0.2, 0.25) is 5.91 Å². The number of aryl methyl sites for hydroxylation is 2. The van der Waals surface area contributed by atoms with Crippen LogP contribution in [0.25, 0.3) is 22.5 Å². The molecule has 0 unspecified atom stereocenters. The zero-order chi connectivity index (χ0) is 18.1. The second-order valence-corrected chi connectivity index (χ2v) is 7.06. The van der Waals surface area contributed by atoms with E-state index in [0.717, 1.165) is 41.1 Å². The molecule has 0 saturated heterocycles. The number of hydrogen-bond acceptors (Lipinski definition) is 4. The van der Waals surface area contributed by atoms with Crippen LogP contribution >= 0.6 is 0 Å². The van der Waals surface area contributed by atoms with Crippen molar-refractivity contribution in [2.24, 2.45) is 5.73 Å². The summed E-state index contributed by atoms with van der Waals surface area (Å²) in [7, 11) is 0. The number of pyridine rings is 1. The molecule has 1 aliphatic carbocycles. The van der Waals surface area contributed by atoms with Crippen LogP contribution in [0.2, 0.25) is 0 Å². The summed E-state index contributed by atoms with van der Waals surface area (Å²) in [6.07, 6.45) is 7.27. The van der Waals surface area contributed by atoms with Gasteiger partial charge in [0, 0.05) is 19.4 Å². The zero-order valence-corrected chi connectivity index (χ0v) is 15.1. The molecule has 6 heteroatoms. The average Bonchev–Trinajstić information content (AvgIpc) is 3.23. The van der Waals surface area contributed by atoms with Crippen molar-refractivity contribution in [1.29, 1.82) is 0 Å². The van der Waals surface area contributed by atoms with Gasteiger partial charge in [-0.2, -0.15) is 5.10 Å². The first-order valence-corrected chi connectivity index (χ1v) is 9.39. The van der Waals surface area contributed by atoms with E-state index in [0.29, 0.717) is 25.3 Å². The fraction of sp³-hybridized carbons (Fsp3) is 0.450. The lowest BCUT2D eigenvalue weighted by molar-refractivity contribution is -0.118. The number of primary amides is 1. The van der Waals surface area contributed by atoms with Crippen LogP contribution in [-0.2, 0) is 17.8 Å². The van der Waals surface area contributed by atoms with Crippen LogP contribution in [0.3, 0.4) is 0 Å². The van der Waals surface area contributed by atoms with Gasteiger partial charge in [-0.25, -0.2) is 4.98 Å². The highest BCUT2D eigenvalue weighted by Gasteiger charge is 2.28. The molecule has 0 atom stereocenters. The highest BCUT2D eigenvalue weighted by atomic mass is 16.3. The van der Waals surface area contributed by atoms with Crippen molar-refractivity contribution >= 4 is 16.9 Å². The van der Waals surface area contributed by atoms with Crippen LogP contribution in [0.5, 0.6) is 0 Å². The summed E-state index contributed by atoms with van der Waals surface area (Å²) >= 11 is 0. The summed E-state index contributed by atoms with van der Waals surface area (Å²) in [5.74, 6) is 2.11. The van der Waals surface area contributed by atoms with Crippen molar-refractivity contribution in [1.82, 2.24) is 14.8 Å². The van der Waals surface area contributed by atoms with Crippen LogP contribution in [0.15, 0.2) is 28.8 Å². The highest BCUT2D eigenvalue weighted by Crippen LogP contribution is 2.44. The smallest absolute Gasteiger partial charge is 0.217 e. The quantitative estimate of drug-likeness (QED) is 0.668. The fourth-order valence-electron chi connectivity index (χ4n) is 3.43. The molecule has 1 fully saturated rings. The maximum atomic E-state index is 11.0. The van der Waals surface area contributed by atoms with E-state index in [4.69, 9.17) is 15.1 Å². The molecule has 1 saturated carbocycles. The van der Waals surface area contributed by atoms with E-state index in [2.05, 4.69) is 18.1 Å². The van der Waals surface area contributed by atoms with Crippen molar-refractivity contribution in [3.8, 4) is 11.5 Å². The summed E-state index contributed by atoms with van der Waals surface area (Å²) in [5, 5.41) is 4.50. The minimum Gasteiger partial charge on any atom is -0.459 e. The van der Waals surface area contributed by atoms with E-state index in [1.54, 1.807) is 0 Å². The van der Waals surface area contributed by atoms with Crippen molar-refractivity contribution in [2.75, 3.05) is 0 Å². The molecule has 3 aromatic heterocycles. The molecule has 26 heavy (non-hydrogen) atoms. The van der Waals surface area contributed by atoms with E-state index in [-0.39, 0.29) is 5.91 Å². The van der Waals surface area contributed by atoms with E-state index < -0.39 is 0 Å². The predicted molar refractivity (Wildman–Crippen MR) is 99.6 cm³/mol. The monoisotopic (exact) mass is 352 g/mol. The third-order valence-electron chi connectivity index (χ3n) is 4.85. The Morgan fingerprint density at radius 3 is 2.96 bits per heavy atom. The van der Waals surface area contributed by atoms with E-state index in [9.17, 15) is 4.79 Å². The van der Waals surface area contributed by atoms with Gasteiger partial charge < -0.3 is 10.2 Å². The van der Waals surface area contributed by atoms with E-state index >= 15 is 0 Å². The van der Waals surface area contributed by atoms with Gasteiger partial charge in [0.25, 0.3) is 0 Å². The van der Waals surface area contributed by atoms with Crippen LogP contribution in [0, 0.1) is 0 Å². The minimum absolute atomic E-state index is 0.273. The molecule has 0 aromatic carbocycles. The Balaban J connectivity index is 1.70. The molecule has 1 aliphatic rings. The summed E-state index contributed by atoms with van der Waals surface area (Å²) < 4.78 is 7.94. The SMILES string of the molecule is CCCc1ccc(-c2cc(C3CC3)c3c(cnn3CCCC(N)=O)n2)o1. The van der Waals surface area contributed by atoms with Crippen molar-refractivity contribution in [3.63, 3.8) is 0 Å². The van der Waals surface area contributed by atoms with Gasteiger partial charge >= 0.3 is 0 Å². The second kappa shape index (κ2) is 6.94.